The van der Waals surface area contributed by atoms with Gasteiger partial charge in [0.15, 0.2) is 6.61 Å². The van der Waals surface area contributed by atoms with Gasteiger partial charge in [-0.05, 0) is 48.4 Å². The standard InChI is InChI=1S/C19H19N3O4/c1-12(23)20-14-3-2-4-15(10-14)21-19(25)11-26-16-6-7-17-13(9-16)5-8-18(24)22-17/h2-4,6-7,9-10H,5,8,11H2,1H3,(H,20,23)(H,21,25)(H,22,24). The average molecular weight is 353 g/mol. The Bertz CT molecular complexity index is 864. The highest BCUT2D eigenvalue weighted by Gasteiger charge is 2.15. The lowest BCUT2D eigenvalue weighted by Gasteiger charge is -2.17. The van der Waals surface area contributed by atoms with Crippen LogP contribution in [0, 0.1) is 0 Å². The maximum Gasteiger partial charge on any atom is 0.262 e. The second-order valence-corrected chi connectivity index (χ2v) is 5.97. The van der Waals surface area contributed by atoms with Crippen LogP contribution in [0.1, 0.15) is 18.9 Å². The Morgan fingerprint density at radius 1 is 1.08 bits per heavy atom. The molecule has 3 rings (SSSR count). The predicted octanol–water partition coefficient (Wildman–Crippen LogP) is 2.55. The molecule has 0 atom stereocenters. The molecule has 2 aromatic rings. The number of rotatable bonds is 5. The molecule has 1 heterocycles. The number of anilines is 3. The number of aryl methyl sites for hydroxylation is 1. The molecule has 134 valence electrons. The van der Waals surface area contributed by atoms with E-state index in [9.17, 15) is 14.4 Å². The number of hydrogen-bond acceptors (Lipinski definition) is 4. The second-order valence-electron chi connectivity index (χ2n) is 5.97. The van der Waals surface area contributed by atoms with Gasteiger partial charge in [-0.25, -0.2) is 0 Å². The van der Waals surface area contributed by atoms with E-state index in [1.165, 1.54) is 6.92 Å². The number of amides is 3. The van der Waals surface area contributed by atoms with Gasteiger partial charge < -0.3 is 20.7 Å². The Hall–Kier alpha value is -3.35. The van der Waals surface area contributed by atoms with Crippen LogP contribution >= 0.6 is 0 Å². The van der Waals surface area contributed by atoms with Gasteiger partial charge in [0.2, 0.25) is 11.8 Å². The maximum absolute atomic E-state index is 12.1. The van der Waals surface area contributed by atoms with Crippen LogP contribution in [0.15, 0.2) is 42.5 Å². The summed E-state index contributed by atoms with van der Waals surface area (Å²) in [6.45, 7) is 1.28. The maximum atomic E-state index is 12.1. The van der Waals surface area contributed by atoms with Gasteiger partial charge in [0.05, 0.1) is 0 Å². The molecule has 1 aliphatic rings. The number of carbonyl (C=O) groups excluding carboxylic acids is 3. The van der Waals surface area contributed by atoms with Crippen molar-refractivity contribution in [3.63, 3.8) is 0 Å². The zero-order valence-electron chi connectivity index (χ0n) is 14.3. The summed E-state index contributed by atoms with van der Waals surface area (Å²) >= 11 is 0. The van der Waals surface area contributed by atoms with Crippen molar-refractivity contribution in [2.24, 2.45) is 0 Å². The van der Waals surface area contributed by atoms with Gasteiger partial charge in [0.1, 0.15) is 5.75 Å². The summed E-state index contributed by atoms with van der Waals surface area (Å²) in [6, 6.07) is 12.2. The number of carbonyl (C=O) groups is 3. The van der Waals surface area contributed by atoms with Crippen molar-refractivity contribution in [1.82, 2.24) is 0 Å². The van der Waals surface area contributed by atoms with Crippen LogP contribution in [0.25, 0.3) is 0 Å². The zero-order valence-corrected chi connectivity index (χ0v) is 14.3. The Morgan fingerprint density at radius 2 is 1.85 bits per heavy atom. The van der Waals surface area contributed by atoms with Gasteiger partial charge >= 0.3 is 0 Å². The Labute approximate surface area is 150 Å². The van der Waals surface area contributed by atoms with Crippen molar-refractivity contribution in [1.29, 1.82) is 0 Å². The first kappa shape index (κ1) is 17.5. The van der Waals surface area contributed by atoms with Crippen LogP contribution in [0.2, 0.25) is 0 Å². The van der Waals surface area contributed by atoms with Crippen molar-refractivity contribution in [2.45, 2.75) is 19.8 Å². The Morgan fingerprint density at radius 3 is 2.62 bits per heavy atom. The second kappa shape index (κ2) is 7.69. The van der Waals surface area contributed by atoms with E-state index in [0.717, 1.165) is 11.3 Å². The van der Waals surface area contributed by atoms with E-state index in [-0.39, 0.29) is 24.3 Å². The monoisotopic (exact) mass is 353 g/mol. The SMILES string of the molecule is CC(=O)Nc1cccc(NC(=O)COc2ccc3c(c2)CCC(=O)N3)c1. The van der Waals surface area contributed by atoms with Crippen molar-refractivity contribution in [3.05, 3.63) is 48.0 Å². The quantitative estimate of drug-likeness (QED) is 0.770. The van der Waals surface area contributed by atoms with Crippen LogP contribution in [-0.2, 0) is 20.8 Å². The smallest absolute Gasteiger partial charge is 0.262 e. The molecule has 0 saturated heterocycles. The topological polar surface area (TPSA) is 96.5 Å². The summed E-state index contributed by atoms with van der Waals surface area (Å²) < 4.78 is 5.53. The Balaban J connectivity index is 1.56. The molecule has 0 bridgehead atoms. The minimum Gasteiger partial charge on any atom is -0.484 e. The molecule has 0 radical (unpaired) electrons. The predicted molar refractivity (Wildman–Crippen MR) is 98.3 cm³/mol. The molecule has 0 unspecified atom stereocenters. The van der Waals surface area contributed by atoms with E-state index in [1.807, 2.05) is 6.07 Å². The van der Waals surface area contributed by atoms with E-state index in [0.29, 0.717) is 30.0 Å². The third kappa shape index (κ3) is 4.60. The lowest BCUT2D eigenvalue weighted by atomic mass is 10.0. The molecule has 1 aliphatic heterocycles. The highest BCUT2D eigenvalue weighted by Crippen LogP contribution is 2.26. The van der Waals surface area contributed by atoms with Crippen molar-refractivity contribution >= 4 is 34.8 Å². The fourth-order valence-corrected chi connectivity index (χ4v) is 2.67. The summed E-state index contributed by atoms with van der Waals surface area (Å²) in [5.41, 5.74) is 2.95. The largest absolute Gasteiger partial charge is 0.484 e. The van der Waals surface area contributed by atoms with Gasteiger partial charge in [-0.2, -0.15) is 0 Å². The molecule has 3 amide bonds. The van der Waals surface area contributed by atoms with Gasteiger partial charge in [0, 0.05) is 30.4 Å². The lowest BCUT2D eigenvalue weighted by Crippen LogP contribution is -2.21. The van der Waals surface area contributed by atoms with Crippen molar-refractivity contribution in [3.8, 4) is 5.75 Å². The summed E-state index contributed by atoms with van der Waals surface area (Å²) in [6.07, 6.45) is 1.10. The Kier molecular flexibility index (Phi) is 5.17. The lowest BCUT2D eigenvalue weighted by molar-refractivity contribution is -0.118. The molecule has 0 saturated carbocycles. The van der Waals surface area contributed by atoms with Gasteiger partial charge in [0.25, 0.3) is 5.91 Å². The summed E-state index contributed by atoms with van der Waals surface area (Å²) in [4.78, 5) is 34.5. The number of nitrogens with one attached hydrogen (secondary N) is 3. The van der Waals surface area contributed by atoms with E-state index in [2.05, 4.69) is 16.0 Å². The molecule has 2 aromatic carbocycles. The van der Waals surface area contributed by atoms with Gasteiger partial charge in [-0.1, -0.05) is 6.07 Å². The summed E-state index contributed by atoms with van der Waals surface area (Å²) in [5.74, 6) is 0.0884. The first-order valence-corrected chi connectivity index (χ1v) is 8.23. The third-order valence-electron chi connectivity index (χ3n) is 3.81. The van der Waals surface area contributed by atoms with E-state index in [4.69, 9.17) is 4.74 Å². The van der Waals surface area contributed by atoms with Crippen LogP contribution in [0.5, 0.6) is 5.75 Å². The molecule has 0 fully saturated rings. The molecule has 7 heteroatoms. The van der Waals surface area contributed by atoms with Crippen LogP contribution < -0.4 is 20.7 Å². The van der Waals surface area contributed by atoms with Gasteiger partial charge in [-0.15, -0.1) is 0 Å². The molecular weight excluding hydrogens is 334 g/mol. The molecule has 26 heavy (non-hydrogen) atoms. The summed E-state index contributed by atoms with van der Waals surface area (Å²) in [7, 11) is 0. The first-order valence-electron chi connectivity index (χ1n) is 8.23. The molecule has 0 aliphatic carbocycles. The minimum atomic E-state index is -0.309. The molecule has 3 N–H and O–H groups in total. The molecule has 0 aromatic heterocycles. The minimum absolute atomic E-state index is 0.00652. The third-order valence-corrected chi connectivity index (χ3v) is 3.81. The highest BCUT2D eigenvalue weighted by molar-refractivity contribution is 5.95. The van der Waals surface area contributed by atoms with Crippen LogP contribution in [-0.4, -0.2) is 24.3 Å². The van der Waals surface area contributed by atoms with Crippen molar-refractivity contribution < 1.29 is 19.1 Å². The fourth-order valence-electron chi connectivity index (χ4n) is 2.67. The average Bonchev–Trinajstić information content (AvgIpc) is 2.59. The van der Waals surface area contributed by atoms with E-state index in [1.54, 1.807) is 36.4 Å². The van der Waals surface area contributed by atoms with E-state index < -0.39 is 0 Å². The van der Waals surface area contributed by atoms with Crippen molar-refractivity contribution in [2.75, 3.05) is 22.6 Å². The number of benzene rings is 2. The fraction of sp³-hybridized carbons (Fsp3) is 0.211. The van der Waals surface area contributed by atoms with Gasteiger partial charge in [-0.3, -0.25) is 14.4 Å². The van der Waals surface area contributed by atoms with Crippen LogP contribution in [0.3, 0.4) is 0 Å². The van der Waals surface area contributed by atoms with E-state index >= 15 is 0 Å². The molecular formula is C19H19N3O4. The highest BCUT2D eigenvalue weighted by atomic mass is 16.5. The first-order chi connectivity index (χ1) is 12.5. The summed E-state index contributed by atoms with van der Waals surface area (Å²) in [5, 5.41) is 8.18. The normalized spacial score (nSPS) is 12.6. The number of fused-ring (bicyclic) bond motifs is 1. The molecule has 7 nitrogen and oxygen atoms in total. The zero-order chi connectivity index (χ0) is 18.5. The van der Waals surface area contributed by atoms with Crippen LogP contribution in [0.4, 0.5) is 17.1 Å². The number of ether oxygens (including phenoxy) is 1. The molecule has 0 spiro atoms. The number of hydrogen-bond donors (Lipinski definition) is 3.